The summed E-state index contributed by atoms with van der Waals surface area (Å²) in [6.45, 7) is 1.62. The van der Waals surface area contributed by atoms with Crippen molar-refractivity contribution in [3.8, 4) is 0 Å². The third-order valence-electron chi connectivity index (χ3n) is 4.12. The van der Waals surface area contributed by atoms with E-state index in [1.54, 1.807) is 0 Å². The minimum atomic E-state index is -4.48. The fourth-order valence-corrected chi connectivity index (χ4v) is 3.04. The first kappa shape index (κ1) is 18.4. The van der Waals surface area contributed by atoms with Gasteiger partial charge in [0.15, 0.2) is 10.6 Å². The maximum Gasteiger partial charge on any atom is 0.416 e. The van der Waals surface area contributed by atoms with Crippen molar-refractivity contribution in [2.75, 3.05) is 0 Å². The zero-order valence-electron chi connectivity index (χ0n) is 13.9. The molecule has 1 fully saturated rings. The molecule has 1 aromatic carbocycles. The van der Waals surface area contributed by atoms with E-state index in [1.807, 2.05) is 4.57 Å². The Hall–Kier alpha value is -2.42. The number of benzene rings is 1. The van der Waals surface area contributed by atoms with Crippen molar-refractivity contribution in [2.24, 2.45) is 0 Å². The van der Waals surface area contributed by atoms with Crippen LogP contribution in [0.15, 0.2) is 30.3 Å². The highest BCUT2D eigenvalue weighted by Gasteiger charge is 2.33. The number of aromatic amines is 1. The molecule has 2 N–H and O–H groups in total. The van der Waals surface area contributed by atoms with Crippen LogP contribution in [0.2, 0.25) is 0 Å². The molecule has 1 aromatic heterocycles. The summed E-state index contributed by atoms with van der Waals surface area (Å²) in [5, 5.41) is 9.44. The monoisotopic (exact) mass is 382 g/mol. The number of rotatable bonds is 5. The van der Waals surface area contributed by atoms with Crippen molar-refractivity contribution in [1.82, 2.24) is 20.1 Å². The number of nitrogens with one attached hydrogen (secondary N) is 2. The highest BCUT2D eigenvalue weighted by Crippen LogP contribution is 2.36. The summed E-state index contributed by atoms with van der Waals surface area (Å²) in [6, 6.07) is 5.48. The van der Waals surface area contributed by atoms with E-state index in [4.69, 9.17) is 12.2 Å². The second kappa shape index (κ2) is 7.06. The normalized spacial score (nSPS) is 15.2. The average molecular weight is 382 g/mol. The quantitative estimate of drug-likeness (QED) is 0.607. The van der Waals surface area contributed by atoms with E-state index in [0.717, 1.165) is 25.0 Å². The number of alkyl halides is 3. The average Bonchev–Trinajstić information content (AvgIpc) is 3.35. The lowest BCUT2D eigenvalue weighted by Crippen LogP contribution is -2.23. The number of carbonyl (C=O) groups is 1. The van der Waals surface area contributed by atoms with Crippen LogP contribution in [0, 0.1) is 4.77 Å². The molecular weight excluding hydrogens is 365 g/mol. The fourth-order valence-electron chi connectivity index (χ4n) is 2.74. The molecule has 0 unspecified atom stereocenters. The highest BCUT2D eigenvalue weighted by molar-refractivity contribution is 7.71. The molecule has 26 heavy (non-hydrogen) atoms. The molecule has 0 radical (unpaired) electrons. The summed E-state index contributed by atoms with van der Waals surface area (Å²) >= 11 is 5.17. The van der Waals surface area contributed by atoms with E-state index in [1.165, 1.54) is 25.1 Å². The van der Waals surface area contributed by atoms with Crippen LogP contribution < -0.4 is 5.32 Å². The Balaban J connectivity index is 1.73. The lowest BCUT2D eigenvalue weighted by atomic mass is 10.00. The number of halogens is 3. The summed E-state index contributed by atoms with van der Waals surface area (Å²) in [6.07, 6.45) is -1.29. The number of nitrogens with zero attached hydrogens (tertiary/aromatic N) is 2. The summed E-state index contributed by atoms with van der Waals surface area (Å²) in [5.41, 5.74) is -0.552. The van der Waals surface area contributed by atoms with Crippen molar-refractivity contribution in [3.63, 3.8) is 0 Å². The number of hydrogen-bond acceptors (Lipinski definition) is 3. The zero-order valence-corrected chi connectivity index (χ0v) is 14.7. The molecule has 1 heterocycles. The van der Waals surface area contributed by atoms with Crippen molar-refractivity contribution < 1.29 is 18.0 Å². The lowest BCUT2D eigenvalue weighted by Gasteiger charge is -2.13. The molecule has 0 bridgehead atoms. The fraction of sp³-hybridized carbons (Fsp3) is 0.353. The predicted molar refractivity (Wildman–Crippen MR) is 92.6 cm³/mol. The van der Waals surface area contributed by atoms with E-state index in [9.17, 15) is 18.0 Å². The van der Waals surface area contributed by atoms with Crippen molar-refractivity contribution in [3.05, 3.63) is 52.1 Å². The Bertz CT molecular complexity index is 909. The zero-order chi connectivity index (χ0) is 18.9. The van der Waals surface area contributed by atoms with Crippen LogP contribution in [0.5, 0.6) is 0 Å². The van der Waals surface area contributed by atoms with Crippen molar-refractivity contribution >= 4 is 23.7 Å². The molecule has 5 nitrogen and oxygen atoms in total. The third-order valence-corrected chi connectivity index (χ3v) is 4.40. The first-order valence-corrected chi connectivity index (χ1v) is 8.46. The van der Waals surface area contributed by atoms with Gasteiger partial charge < -0.3 is 5.32 Å². The number of H-pyrrole nitrogens is 1. The molecule has 138 valence electrons. The molecule has 1 aliphatic carbocycles. The lowest BCUT2D eigenvalue weighted by molar-refractivity contribution is -0.137. The smallest absolute Gasteiger partial charge is 0.345 e. The van der Waals surface area contributed by atoms with E-state index < -0.39 is 17.6 Å². The largest absolute Gasteiger partial charge is 0.416 e. The number of aromatic nitrogens is 3. The second-order valence-corrected chi connectivity index (χ2v) is 6.52. The summed E-state index contributed by atoms with van der Waals surface area (Å²) < 4.78 is 41.6. The molecule has 0 saturated heterocycles. The van der Waals surface area contributed by atoms with Gasteiger partial charge in [-0.25, -0.2) is 0 Å². The molecule has 0 aliphatic heterocycles. The van der Waals surface area contributed by atoms with Crippen LogP contribution in [0.1, 0.15) is 42.8 Å². The molecule has 9 heteroatoms. The van der Waals surface area contributed by atoms with Gasteiger partial charge >= 0.3 is 6.18 Å². The van der Waals surface area contributed by atoms with Crippen LogP contribution in [0.4, 0.5) is 13.2 Å². The minimum absolute atomic E-state index is 0.0178. The molecule has 1 aliphatic rings. The van der Waals surface area contributed by atoms with E-state index in [0.29, 0.717) is 16.6 Å². The summed E-state index contributed by atoms with van der Waals surface area (Å²) in [7, 11) is 0. The summed E-state index contributed by atoms with van der Waals surface area (Å²) in [5.74, 6) is 0.114. The van der Waals surface area contributed by atoms with Gasteiger partial charge in [-0.05, 0) is 49.2 Å². The van der Waals surface area contributed by atoms with E-state index in [-0.39, 0.29) is 17.7 Å². The Morgan fingerprint density at radius 2 is 2.12 bits per heavy atom. The standard InChI is InChI=1S/C17H17F3N4OS/c1-10(12-4-2-3-5-13(12)17(18,19)20)8-15(25)21-9-14-22-23-16(26)24(14)11-6-7-11/h2-5,8,11H,6-7,9H2,1H3,(H,21,25)(H,23,26)/b10-8+. The van der Waals surface area contributed by atoms with Crippen molar-refractivity contribution in [1.29, 1.82) is 0 Å². The molecule has 3 rings (SSSR count). The second-order valence-electron chi connectivity index (χ2n) is 6.13. The molecule has 2 aromatic rings. The Labute approximate surface area is 152 Å². The van der Waals surface area contributed by atoms with E-state index >= 15 is 0 Å². The van der Waals surface area contributed by atoms with Crippen LogP contribution in [0.25, 0.3) is 5.57 Å². The van der Waals surface area contributed by atoms with Gasteiger partial charge in [0.1, 0.15) is 0 Å². The maximum absolute atomic E-state index is 13.1. The van der Waals surface area contributed by atoms with Gasteiger partial charge in [-0.15, -0.1) is 0 Å². The van der Waals surface area contributed by atoms with Crippen molar-refractivity contribution in [2.45, 2.75) is 38.5 Å². The first-order chi connectivity index (χ1) is 12.3. The topological polar surface area (TPSA) is 62.7 Å². The molecule has 1 amide bonds. The Morgan fingerprint density at radius 1 is 1.42 bits per heavy atom. The number of amides is 1. The van der Waals surface area contributed by atoms with E-state index in [2.05, 4.69) is 15.5 Å². The van der Waals surface area contributed by atoms with Crippen LogP contribution in [-0.4, -0.2) is 20.7 Å². The predicted octanol–water partition coefficient (Wildman–Crippen LogP) is 4.01. The van der Waals surface area contributed by atoms with Gasteiger partial charge in [0.05, 0.1) is 12.1 Å². The molecule has 0 atom stereocenters. The van der Waals surface area contributed by atoms with Crippen LogP contribution in [0.3, 0.4) is 0 Å². The number of hydrogen-bond donors (Lipinski definition) is 2. The molecular formula is C17H17F3N4OS. The number of allylic oxidation sites excluding steroid dienone is 1. The third kappa shape index (κ3) is 4.04. The van der Waals surface area contributed by atoms with Gasteiger partial charge in [0.2, 0.25) is 5.91 Å². The van der Waals surface area contributed by atoms with Gasteiger partial charge in [-0.2, -0.15) is 18.3 Å². The van der Waals surface area contributed by atoms with Gasteiger partial charge in [-0.3, -0.25) is 14.5 Å². The SMILES string of the molecule is C/C(=C\C(=O)NCc1n[nH]c(=S)n1C1CC1)c1ccccc1C(F)(F)F. The molecule has 0 spiro atoms. The highest BCUT2D eigenvalue weighted by atomic mass is 32.1. The first-order valence-electron chi connectivity index (χ1n) is 8.06. The molecule has 1 saturated carbocycles. The summed E-state index contributed by atoms with van der Waals surface area (Å²) in [4.78, 5) is 12.1. The van der Waals surface area contributed by atoms with Gasteiger partial charge in [0.25, 0.3) is 0 Å². The minimum Gasteiger partial charge on any atom is -0.345 e. The number of carbonyl (C=O) groups excluding carboxylic acids is 1. The Kier molecular flexibility index (Phi) is 4.99. The Morgan fingerprint density at radius 3 is 2.77 bits per heavy atom. The van der Waals surface area contributed by atoms with Gasteiger partial charge in [-0.1, -0.05) is 18.2 Å². The van der Waals surface area contributed by atoms with Crippen LogP contribution >= 0.6 is 12.2 Å². The maximum atomic E-state index is 13.1. The van der Waals surface area contributed by atoms with Crippen LogP contribution in [-0.2, 0) is 17.5 Å². The van der Waals surface area contributed by atoms with Gasteiger partial charge in [0, 0.05) is 12.1 Å².